The van der Waals surface area contributed by atoms with Gasteiger partial charge in [-0.15, -0.1) is 5.10 Å². The van der Waals surface area contributed by atoms with Crippen molar-refractivity contribution in [2.45, 2.75) is 63.2 Å². The highest BCUT2D eigenvalue weighted by molar-refractivity contribution is 5.72. The van der Waals surface area contributed by atoms with Gasteiger partial charge in [0.1, 0.15) is 11.3 Å². The van der Waals surface area contributed by atoms with Gasteiger partial charge in [-0.3, -0.25) is 0 Å². The first-order chi connectivity index (χ1) is 16.4. The first kappa shape index (κ1) is 22.7. The number of piperidine rings is 1. The van der Waals surface area contributed by atoms with Crippen LogP contribution in [0.15, 0.2) is 36.5 Å². The Morgan fingerprint density at radius 3 is 2.62 bits per heavy atom. The van der Waals surface area contributed by atoms with Crippen LogP contribution in [0.1, 0.15) is 45.4 Å². The van der Waals surface area contributed by atoms with E-state index in [2.05, 4.69) is 26.7 Å². The van der Waals surface area contributed by atoms with Crippen LogP contribution in [0.4, 0.5) is 23.1 Å². The number of aliphatic hydroxyl groups excluding tert-OH is 1. The molecule has 3 heterocycles. The van der Waals surface area contributed by atoms with Gasteiger partial charge in [0.15, 0.2) is 5.82 Å². The summed E-state index contributed by atoms with van der Waals surface area (Å²) in [6, 6.07) is 10.3. The minimum atomic E-state index is -0.572. The molecule has 34 heavy (non-hydrogen) atoms. The number of benzene rings is 1. The van der Waals surface area contributed by atoms with Crippen molar-refractivity contribution in [3.8, 4) is 5.75 Å². The van der Waals surface area contributed by atoms with Crippen molar-refractivity contribution < 1.29 is 14.9 Å². The zero-order chi connectivity index (χ0) is 23.7. The van der Waals surface area contributed by atoms with E-state index in [9.17, 15) is 10.2 Å². The van der Waals surface area contributed by atoms with Crippen molar-refractivity contribution in [1.29, 1.82) is 0 Å². The number of anilines is 4. The Kier molecular flexibility index (Phi) is 6.22. The molecule has 9 heteroatoms. The number of aliphatic hydroxyl groups is 2. The van der Waals surface area contributed by atoms with Crippen molar-refractivity contribution >= 4 is 28.7 Å². The molecular formula is C25H34N6O3. The van der Waals surface area contributed by atoms with Gasteiger partial charge in [-0.1, -0.05) is 0 Å². The van der Waals surface area contributed by atoms with Crippen LogP contribution < -0.4 is 20.3 Å². The summed E-state index contributed by atoms with van der Waals surface area (Å²) in [5, 5.41) is 31.6. The van der Waals surface area contributed by atoms with E-state index >= 15 is 0 Å². The molecular weight excluding hydrogens is 432 g/mol. The fourth-order valence-corrected chi connectivity index (χ4v) is 4.90. The Bertz CT molecular complexity index is 1130. The molecule has 182 valence electrons. The van der Waals surface area contributed by atoms with Gasteiger partial charge in [0.25, 0.3) is 0 Å². The molecule has 4 N–H and O–H groups in total. The van der Waals surface area contributed by atoms with Gasteiger partial charge >= 0.3 is 0 Å². The van der Waals surface area contributed by atoms with E-state index in [1.165, 1.54) is 0 Å². The lowest BCUT2D eigenvalue weighted by molar-refractivity contribution is 0.0196. The molecule has 1 saturated heterocycles. The maximum absolute atomic E-state index is 10.3. The summed E-state index contributed by atoms with van der Waals surface area (Å²) < 4.78 is 7.49. The summed E-state index contributed by atoms with van der Waals surface area (Å²) in [6.07, 6.45) is 6.61. The summed E-state index contributed by atoms with van der Waals surface area (Å²) >= 11 is 0. The smallest absolute Gasteiger partial charge is 0.247 e. The SMILES string of the molecule is COc1cc(N2CCC(O)CC2)ccc1Nc1nc(N[C@H]2CC[C@](C)(O)CC2)c2cccn2n1. The lowest BCUT2D eigenvalue weighted by atomic mass is 9.84. The first-order valence-corrected chi connectivity index (χ1v) is 12.1. The number of aromatic nitrogens is 3. The molecule has 1 saturated carbocycles. The molecule has 9 nitrogen and oxygen atoms in total. The van der Waals surface area contributed by atoms with Crippen LogP contribution in [0.25, 0.3) is 5.52 Å². The second-order valence-corrected chi connectivity index (χ2v) is 9.77. The van der Waals surface area contributed by atoms with Gasteiger partial charge < -0.3 is 30.5 Å². The van der Waals surface area contributed by atoms with Gasteiger partial charge in [-0.2, -0.15) is 4.98 Å². The van der Waals surface area contributed by atoms with Gasteiger partial charge in [-0.05, 0) is 69.7 Å². The van der Waals surface area contributed by atoms with E-state index in [1.54, 1.807) is 7.11 Å². The third-order valence-corrected chi connectivity index (χ3v) is 7.06. The van der Waals surface area contributed by atoms with E-state index in [-0.39, 0.29) is 12.1 Å². The van der Waals surface area contributed by atoms with Crippen molar-refractivity contribution in [1.82, 2.24) is 14.6 Å². The second-order valence-electron chi connectivity index (χ2n) is 9.77. The summed E-state index contributed by atoms with van der Waals surface area (Å²) in [5.41, 5.74) is 2.20. The molecule has 0 spiro atoms. The number of ether oxygens (including phenoxy) is 1. The molecule has 1 aromatic carbocycles. The van der Waals surface area contributed by atoms with E-state index in [4.69, 9.17) is 9.72 Å². The van der Waals surface area contributed by atoms with E-state index in [0.717, 1.165) is 74.3 Å². The number of nitrogens with zero attached hydrogens (tertiary/aromatic N) is 4. The molecule has 1 aliphatic carbocycles. The minimum Gasteiger partial charge on any atom is -0.494 e. The van der Waals surface area contributed by atoms with E-state index in [0.29, 0.717) is 11.7 Å². The van der Waals surface area contributed by atoms with Crippen LogP contribution >= 0.6 is 0 Å². The molecule has 2 aliphatic rings. The highest BCUT2D eigenvalue weighted by Crippen LogP contribution is 2.34. The molecule has 0 amide bonds. The zero-order valence-corrected chi connectivity index (χ0v) is 19.9. The van der Waals surface area contributed by atoms with Gasteiger partial charge in [0, 0.05) is 37.1 Å². The Morgan fingerprint density at radius 2 is 1.88 bits per heavy atom. The van der Waals surface area contributed by atoms with Crippen LogP contribution in [0.3, 0.4) is 0 Å². The predicted octanol–water partition coefficient (Wildman–Crippen LogP) is 3.55. The first-order valence-electron chi connectivity index (χ1n) is 12.1. The molecule has 2 aromatic heterocycles. The molecule has 5 rings (SSSR count). The number of methoxy groups -OCH3 is 1. The molecule has 0 radical (unpaired) electrons. The second kappa shape index (κ2) is 9.31. The van der Waals surface area contributed by atoms with Crippen LogP contribution in [-0.2, 0) is 0 Å². The summed E-state index contributed by atoms with van der Waals surface area (Å²) in [4.78, 5) is 7.05. The Labute approximate surface area is 199 Å². The lowest BCUT2D eigenvalue weighted by Gasteiger charge is -2.33. The summed E-state index contributed by atoms with van der Waals surface area (Å²) in [5.74, 6) is 1.96. The number of fused-ring (bicyclic) bond motifs is 1. The average Bonchev–Trinajstić information content (AvgIpc) is 3.30. The van der Waals surface area contributed by atoms with Crippen molar-refractivity contribution in [2.24, 2.45) is 0 Å². The molecule has 2 fully saturated rings. The summed E-state index contributed by atoms with van der Waals surface area (Å²) in [6.45, 7) is 3.57. The standard InChI is InChI=1S/C25H34N6O3/c1-25(33)11-7-17(8-12-25)26-23-21-4-3-13-31(21)29-24(28-23)27-20-6-5-18(16-22(20)34-2)30-14-9-19(32)10-15-30/h3-6,13,16-17,19,32-33H,7-12,14-15H2,1-2H3,(H2,26,27,28,29)/t17-,25-. The van der Waals surface area contributed by atoms with Crippen molar-refractivity contribution in [3.63, 3.8) is 0 Å². The quantitative estimate of drug-likeness (QED) is 0.437. The maximum atomic E-state index is 10.3. The van der Waals surface area contributed by atoms with Gasteiger partial charge in [0.05, 0.1) is 24.5 Å². The normalized spacial score (nSPS) is 23.8. The number of hydrogen-bond acceptors (Lipinski definition) is 8. The van der Waals surface area contributed by atoms with Crippen molar-refractivity contribution in [2.75, 3.05) is 35.7 Å². The Balaban J connectivity index is 1.36. The zero-order valence-electron chi connectivity index (χ0n) is 19.9. The highest BCUT2D eigenvalue weighted by Gasteiger charge is 2.29. The third-order valence-electron chi connectivity index (χ3n) is 7.06. The Hall–Kier alpha value is -3.04. The molecule has 1 aliphatic heterocycles. The number of hydrogen-bond donors (Lipinski definition) is 4. The largest absolute Gasteiger partial charge is 0.494 e. The molecule has 0 atom stereocenters. The molecule has 0 unspecified atom stereocenters. The predicted molar refractivity (Wildman–Crippen MR) is 133 cm³/mol. The van der Waals surface area contributed by atoms with Gasteiger partial charge in [-0.25, -0.2) is 4.52 Å². The Morgan fingerprint density at radius 1 is 1.12 bits per heavy atom. The van der Waals surface area contributed by atoms with Crippen LogP contribution in [-0.4, -0.2) is 62.8 Å². The van der Waals surface area contributed by atoms with E-state index < -0.39 is 5.60 Å². The summed E-state index contributed by atoms with van der Waals surface area (Å²) in [7, 11) is 1.66. The molecule has 3 aromatic rings. The lowest BCUT2D eigenvalue weighted by Crippen LogP contribution is -2.36. The van der Waals surface area contributed by atoms with E-state index in [1.807, 2.05) is 41.9 Å². The van der Waals surface area contributed by atoms with Crippen molar-refractivity contribution in [3.05, 3.63) is 36.5 Å². The highest BCUT2D eigenvalue weighted by atomic mass is 16.5. The van der Waals surface area contributed by atoms with Crippen LogP contribution in [0, 0.1) is 0 Å². The van der Waals surface area contributed by atoms with Gasteiger partial charge in [0.2, 0.25) is 5.95 Å². The maximum Gasteiger partial charge on any atom is 0.247 e. The monoisotopic (exact) mass is 466 g/mol. The molecule has 0 bridgehead atoms. The fourth-order valence-electron chi connectivity index (χ4n) is 4.90. The number of nitrogens with one attached hydrogen (secondary N) is 2. The minimum absolute atomic E-state index is 0.204. The topological polar surface area (TPSA) is 107 Å². The fraction of sp³-hybridized carbons (Fsp3) is 0.520. The van der Waals surface area contributed by atoms with Crippen LogP contribution in [0.5, 0.6) is 5.75 Å². The number of rotatable bonds is 6. The third kappa shape index (κ3) is 4.90. The van der Waals surface area contributed by atoms with Crippen LogP contribution in [0.2, 0.25) is 0 Å². The average molecular weight is 467 g/mol.